The molecule has 192 valence electrons. The zero-order valence-corrected chi connectivity index (χ0v) is 22.9. The van der Waals surface area contributed by atoms with E-state index in [1.54, 1.807) is 0 Å². The minimum Gasteiger partial charge on any atom is -0.316 e. The molecule has 2 aromatic carbocycles. The van der Waals surface area contributed by atoms with Crippen molar-refractivity contribution < 1.29 is 0 Å². The average Bonchev–Trinajstić information content (AvgIpc) is 3.08. The van der Waals surface area contributed by atoms with Crippen LogP contribution < -0.4 is 0 Å². The number of aryl methyl sites for hydroxylation is 1. The Balaban J connectivity index is 1.47. The number of hydrogen-bond acceptors (Lipinski definition) is 2. The molecule has 0 N–H and O–H groups in total. The van der Waals surface area contributed by atoms with Gasteiger partial charge in [-0.3, -0.25) is 4.90 Å². The van der Waals surface area contributed by atoms with Crippen LogP contribution in [-0.4, -0.2) is 34.6 Å². The summed E-state index contributed by atoms with van der Waals surface area (Å²) in [5.41, 5.74) is 9.94. The van der Waals surface area contributed by atoms with Crippen molar-refractivity contribution in [2.45, 2.75) is 39.7 Å². The first kappa shape index (κ1) is 25.6. The van der Waals surface area contributed by atoms with Crippen LogP contribution in [0.15, 0.2) is 113 Å². The van der Waals surface area contributed by atoms with Gasteiger partial charge in [0.1, 0.15) is 0 Å². The van der Waals surface area contributed by atoms with Crippen molar-refractivity contribution in [3.63, 3.8) is 0 Å². The topological polar surface area (TPSA) is 32.9 Å². The third-order valence-electron chi connectivity index (χ3n) is 7.50. The van der Waals surface area contributed by atoms with Crippen molar-refractivity contribution in [1.29, 1.82) is 0 Å². The van der Waals surface area contributed by atoms with Gasteiger partial charge in [0.25, 0.3) is 0 Å². The summed E-state index contributed by atoms with van der Waals surface area (Å²) in [6.45, 7) is 11.9. The van der Waals surface area contributed by atoms with E-state index in [9.17, 15) is 0 Å². The standard InChI is InChI=1S/C34H36N4/c1-24-23-31-21-22-37(5)27(4)33(31)38(24)32-19-17-29(18-20-32)26(3)36-34(30-15-11-8-12-16-30)35-25(2)28-13-9-6-7-10-14-28/h6,8-20,23,27H,3,7,21-22H2,1-2,4-5H3. The summed E-state index contributed by atoms with van der Waals surface area (Å²) < 4.78 is 2.40. The highest BCUT2D eigenvalue weighted by atomic mass is 15.2. The number of amidine groups is 1. The Bertz CT molecular complexity index is 1480. The molecule has 4 nitrogen and oxygen atoms in total. The highest BCUT2D eigenvalue weighted by molar-refractivity contribution is 6.13. The summed E-state index contributed by atoms with van der Waals surface area (Å²) in [6, 6.07) is 21.4. The summed E-state index contributed by atoms with van der Waals surface area (Å²) in [5, 5.41) is 0. The molecule has 1 aromatic heterocycles. The lowest BCUT2D eigenvalue weighted by atomic mass is 10.0. The Morgan fingerprint density at radius 2 is 1.74 bits per heavy atom. The van der Waals surface area contributed by atoms with Crippen molar-refractivity contribution in [1.82, 2.24) is 9.47 Å². The molecule has 0 saturated carbocycles. The fraction of sp³-hybridized carbons (Fsp3) is 0.235. The summed E-state index contributed by atoms with van der Waals surface area (Å²) in [7, 11) is 2.21. The van der Waals surface area contributed by atoms with E-state index < -0.39 is 0 Å². The van der Waals surface area contributed by atoms with Crippen molar-refractivity contribution in [3.05, 3.63) is 131 Å². The fourth-order valence-electron chi connectivity index (χ4n) is 5.20. The van der Waals surface area contributed by atoms with Gasteiger partial charge in [-0.25, -0.2) is 9.98 Å². The van der Waals surface area contributed by atoms with Gasteiger partial charge in [-0.2, -0.15) is 0 Å². The van der Waals surface area contributed by atoms with Crippen LogP contribution in [0.2, 0.25) is 0 Å². The van der Waals surface area contributed by atoms with Crippen LogP contribution in [0.5, 0.6) is 0 Å². The number of hydrogen-bond donors (Lipinski definition) is 0. The quantitative estimate of drug-likeness (QED) is 0.261. The van der Waals surface area contributed by atoms with Crippen molar-refractivity contribution in [2.24, 2.45) is 9.98 Å². The predicted molar refractivity (Wildman–Crippen MR) is 161 cm³/mol. The van der Waals surface area contributed by atoms with E-state index in [0.29, 0.717) is 17.6 Å². The maximum atomic E-state index is 4.95. The van der Waals surface area contributed by atoms with Gasteiger partial charge < -0.3 is 4.57 Å². The summed E-state index contributed by atoms with van der Waals surface area (Å²) in [4.78, 5) is 12.3. The lowest BCUT2D eigenvalue weighted by Crippen LogP contribution is -2.31. The number of likely N-dealkylation sites (N-methyl/N-ethyl adjacent to an activating group) is 1. The molecule has 0 amide bonds. The van der Waals surface area contributed by atoms with E-state index in [1.807, 2.05) is 37.3 Å². The number of benzene rings is 2. The number of fused-ring (bicyclic) bond motifs is 1. The van der Waals surface area contributed by atoms with Crippen LogP contribution in [-0.2, 0) is 6.42 Å². The summed E-state index contributed by atoms with van der Waals surface area (Å²) >= 11 is 0. The average molecular weight is 501 g/mol. The van der Waals surface area contributed by atoms with Crippen LogP contribution in [0.25, 0.3) is 11.4 Å². The molecule has 1 aliphatic heterocycles. The summed E-state index contributed by atoms with van der Waals surface area (Å²) in [5.74, 6) is 0.659. The number of rotatable bonds is 5. The molecular weight excluding hydrogens is 464 g/mol. The molecule has 0 bridgehead atoms. The van der Waals surface area contributed by atoms with Crippen molar-refractivity contribution in [2.75, 3.05) is 13.6 Å². The number of allylic oxidation sites excluding steroid dienone is 6. The van der Waals surface area contributed by atoms with Crippen LogP contribution >= 0.6 is 0 Å². The molecular formula is C34H36N4. The highest BCUT2D eigenvalue weighted by Gasteiger charge is 2.26. The Kier molecular flexibility index (Phi) is 7.52. The molecule has 0 spiro atoms. The van der Waals surface area contributed by atoms with Crippen LogP contribution in [0.4, 0.5) is 0 Å². The van der Waals surface area contributed by atoms with Gasteiger partial charge in [0.05, 0.1) is 5.70 Å². The SMILES string of the molecule is C=C(N=C(N=C(C)C1=CC=CCC=C1)c1ccccc1)c1ccc(-n2c(C)cc3c2C(C)N(C)CC3)cc1. The van der Waals surface area contributed by atoms with Crippen molar-refractivity contribution in [3.8, 4) is 5.69 Å². The third kappa shape index (κ3) is 5.32. The molecule has 1 unspecified atom stereocenters. The van der Waals surface area contributed by atoms with Gasteiger partial charge in [0, 0.05) is 40.9 Å². The first-order valence-corrected chi connectivity index (χ1v) is 13.4. The third-order valence-corrected chi connectivity index (χ3v) is 7.50. The van der Waals surface area contributed by atoms with Crippen LogP contribution in [0.3, 0.4) is 0 Å². The van der Waals surface area contributed by atoms with Crippen LogP contribution in [0, 0.1) is 6.92 Å². The highest BCUT2D eigenvalue weighted by Crippen LogP contribution is 2.33. The second kappa shape index (κ2) is 11.2. The zero-order chi connectivity index (χ0) is 26.6. The van der Waals surface area contributed by atoms with Crippen molar-refractivity contribution >= 4 is 17.2 Å². The minimum absolute atomic E-state index is 0.384. The monoisotopic (exact) mass is 500 g/mol. The molecule has 1 aliphatic carbocycles. The van der Waals surface area contributed by atoms with E-state index in [4.69, 9.17) is 9.98 Å². The van der Waals surface area contributed by atoms with E-state index in [1.165, 1.54) is 22.6 Å². The molecule has 38 heavy (non-hydrogen) atoms. The molecule has 0 saturated heterocycles. The van der Waals surface area contributed by atoms with Gasteiger partial charge >= 0.3 is 0 Å². The molecule has 3 aromatic rings. The van der Waals surface area contributed by atoms with E-state index >= 15 is 0 Å². The smallest absolute Gasteiger partial charge is 0.160 e. The Morgan fingerprint density at radius 3 is 2.50 bits per heavy atom. The van der Waals surface area contributed by atoms with E-state index in [2.05, 4.69) is 97.7 Å². The normalized spacial score (nSPS) is 18.2. The van der Waals surface area contributed by atoms with Gasteiger partial charge in [-0.15, -0.1) is 0 Å². The Hall–Kier alpha value is -4.02. The lowest BCUT2D eigenvalue weighted by Gasteiger charge is -2.32. The molecule has 1 atom stereocenters. The molecule has 4 heteroatoms. The summed E-state index contributed by atoms with van der Waals surface area (Å²) in [6.07, 6.45) is 12.6. The number of nitrogens with zero attached hydrogens (tertiary/aromatic N) is 4. The second-order valence-corrected chi connectivity index (χ2v) is 10.1. The maximum Gasteiger partial charge on any atom is 0.160 e. The molecule has 2 aliphatic rings. The molecule has 0 fully saturated rings. The van der Waals surface area contributed by atoms with Gasteiger partial charge in [-0.05, 0) is 75.6 Å². The first-order valence-electron chi connectivity index (χ1n) is 13.4. The largest absolute Gasteiger partial charge is 0.316 e. The van der Waals surface area contributed by atoms with Gasteiger partial charge in [-0.1, -0.05) is 79.4 Å². The minimum atomic E-state index is 0.384. The molecule has 0 radical (unpaired) electrons. The lowest BCUT2D eigenvalue weighted by molar-refractivity contribution is 0.240. The fourth-order valence-corrected chi connectivity index (χ4v) is 5.20. The van der Waals surface area contributed by atoms with Crippen LogP contribution in [0.1, 0.15) is 54.4 Å². The molecule has 5 rings (SSSR count). The van der Waals surface area contributed by atoms with Gasteiger partial charge in [0.2, 0.25) is 0 Å². The van der Waals surface area contributed by atoms with E-state index in [-0.39, 0.29) is 0 Å². The number of aliphatic imine (C=N–C) groups is 2. The molecule has 2 heterocycles. The maximum absolute atomic E-state index is 4.95. The second-order valence-electron chi connectivity index (χ2n) is 10.1. The Morgan fingerprint density at radius 1 is 0.974 bits per heavy atom. The Labute approximate surface area is 226 Å². The predicted octanol–water partition coefficient (Wildman–Crippen LogP) is 7.66. The van der Waals surface area contributed by atoms with E-state index in [0.717, 1.165) is 41.8 Å². The van der Waals surface area contributed by atoms with Gasteiger partial charge in [0.15, 0.2) is 5.84 Å². The first-order chi connectivity index (χ1) is 18.4. The zero-order valence-electron chi connectivity index (χ0n) is 22.9. The number of aromatic nitrogens is 1.